The number of carbonyl (C=O) groups is 3. The average Bonchev–Trinajstić information content (AvgIpc) is 3.12. The number of ketones is 1. The highest BCUT2D eigenvalue weighted by Crippen LogP contribution is 2.40. The molecule has 4 rings (SSSR count). The van der Waals surface area contributed by atoms with Gasteiger partial charge in [0.2, 0.25) is 0 Å². The minimum atomic E-state index is -1.04. The molecule has 0 unspecified atom stereocenters. The van der Waals surface area contributed by atoms with Gasteiger partial charge < -0.3 is 19.6 Å². The Balaban J connectivity index is 1.98. The van der Waals surface area contributed by atoms with Crippen LogP contribution >= 0.6 is 0 Å². The fourth-order valence-electron chi connectivity index (χ4n) is 3.87. The number of nitrogens with zero attached hydrogens (tertiary/aromatic N) is 1. The van der Waals surface area contributed by atoms with E-state index in [0.717, 1.165) is 22.4 Å². The van der Waals surface area contributed by atoms with Gasteiger partial charge in [-0.2, -0.15) is 0 Å². The zero-order chi connectivity index (χ0) is 21.3. The summed E-state index contributed by atoms with van der Waals surface area (Å²) in [7, 11) is 1.27. The van der Waals surface area contributed by atoms with Gasteiger partial charge in [-0.1, -0.05) is 36.4 Å². The Morgan fingerprint density at radius 2 is 1.87 bits per heavy atom. The zero-order valence-corrected chi connectivity index (χ0v) is 16.4. The van der Waals surface area contributed by atoms with Crippen molar-refractivity contribution < 1.29 is 23.9 Å². The molecule has 2 heterocycles. The summed E-state index contributed by atoms with van der Waals surface area (Å²) in [5.41, 5.74) is 9.52. The van der Waals surface area contributed by atoms with Crippen LogP contribution in [0, 0.1) is 0 Å². The Bertz CT molecular complexity index is 1190. The maximum Gasteiger partial charge on any atom is 0.343 e. The van der Waals surface area contributed by atoms with Crippen LogP contribution in [-0.2, 0) is 20.7 Å². The van der Waals surface area contributed by atoms with Gasteiger partial charge in [-0.15, -0.1) is 0 Å². The van der Waals surface area contributed by atoms with E-state index in [1.807, 2.05) is 34.7 Å². The second-order valence-corrected chi connectivity index (χ2v) is 6.87. The van der Waals surface area contributed by atoms with Crippen LogP contribution in [0.5, 0.6) is 5.75 Å². The van der Waals surface area contributed by atoms with Crippen molar-refractivity contribution in [2.75, 3.05) is 13.7 Å². The molecule has 1 aliphatic rings. The average molecular weight is 404 g/mol. The number of hydrogen-bond donors (Lipinski definition) is 1. The lowest BCUT2D eigenvalue weighted by Gasteiger charge is -2.16. The van der Waals surface area contributed by atoms with E-state index in [0.29, 0.717) is 24.1 Å². The predicted octanol–water partition coefficient (Wildman–Crippen LogP) is 2.54. The summed E-state index contributed by atoms with van der Waals surface area (Å²) in [6.45, 7) is -0.322. The number of rotatable bonds is 6. The zero-order valence-electron chi connectivity index (χ0n) is 16.4. The van der Waals surface area contributed by atoms with Crippen LogP contribution in [0.2, 0.25) is 0 Å². The lowest BCUT2D eigenvalue weighted by Crippen LogP contribution is -2.24. The van der Waals surface area contributed by atoms with Gasteiger partial charge in [-0.25, -0.2) is 4.79 Å². The van der Waals surface area contributed by atoms with Crippen molar-refractivity contribution in [2.24, 2.45) is 5.73 Å². The quantitative estimate of drug-likeness (QED) is 0.387. The summed E-state index contributed by atoms with van der Waals surface area (Å²) in [6.07, 6.45) is 5.22. The summed E-state index contributed by atoms with van der Waals surface area (Å²) in [5.74, 6) is -2.07. The van der Waals surface area contributed by atoms with Crippen molar-refractivity contribution in [2.45, 2.75) is 12.8 Å². The molecule has 0 aliphatic heterocycles. The maximum absolute atomic E-state index is 12.8. The smallest absolute Gasteiger partial charge is 0.343 e. The number of allylic oxidation sites excluding steroid dienone is 1. The predicted molar refractivity (Wildman–Crippen MR) is 110 cm³/mol. The molecule has 2 N–H and O–H groups in total. The molecule has 3 aromatic rings. The summed E-state index contributed by atoms with van der Waals surface area (Å²) in [5, 5.41) is 0. The number of fused-ring (bicyclic) bond motifs is 3. The Labute approximate surface area is 172 Å². The highest BCUT2D eigenvalue weighted by Gasteiger charge is 2.31. The molecule has 0 fully saturated rings. The molecule has 0 spiro atoms. The lowest BCUT2D eigenvalue weighted by molar-refractivity contribution is -0.142. The van der Waals surface area contributed by atoms with E-state index in [2.05, 4.69) is 10.8 Å². The second kappa shape index (κ2) is 7.87. The van der Waals surface area contributed by atoms with Crippen LogP contribution < -0.4 is 10.5 Å². The second-order valence-electron chi connectivity index (χ2n) is 6.87. The lowest BCUT2D eigenvalue weighted by atomic mass is 9.89. The fourth-order valence-corrected chi connectivity index (χ4v) is 3.87. The number of methoxy groups -OCH3 is 1. The summed E-state index contributed by atoms with van der Waals surface area (Å²) in [4.78, 5) is 36.2. The van der Waals surface area contributed by atoms with E-state index in [4.69, 9.17) is 10.5 Å². The van der Waals surface area contributed by atoms with Crippen molar-refractivity contribution in [1.29, 1.82) is 0 Å². The van der Waals surface area contributed by atoms with E-state index in [9.17, 15) is 14.4 Å². The summed E-state index contributed by atoms with van der Waals surface area (Å²) in [6, 6.07) is 13.2. The molecule has 0 saturated carbocycles. The topological polar surface area (TPSA) is 100 Å². The van der Waals surface area contributed by atoms with Crippen LogP contribution in [0.4, 0.5) is 0 Å². The first-order valence-corrected chi connectivity index (χ1v) is 9.48. The van der Waals surface area contributed by atoms with E-state index < -0.39 is 17.7 Å². The SMILES string of the molecule is COC(=O)COc1cccn2c3c(c(C(=O)C(N)=O)c12)CCC=C3c1ccccc1. The molecule has 2 aromatic heterocycles. The molecular formula is C23H20N2O5. The monoisotopic (exact) mass is 404 g/mol. The van der Waals surface area contributed by atoms with Crippen molar-refractivity contribution in [3.8, 4) is 5.75 Å². The summed E-state index contributed by atoms with van der Waals surface area (Å²) >= 11 is 0. The molecule has 7 heteroatoms. The molecule has 1 amide bonds. The van der Waals surface area contributed by atoms with Gasteiger partial charge in [-0.3, -0.25) is 9.59 Å². The van der Waals surface area contributed by atoms with Crippen LogP contribution in [0.1, 0.15) is 33.6 Å². The van der Waals surface area contributed by atoms with Crippen molar-refractivity contribution in [3.63, 3.8) is 0 Å². The van der Waals surface area contributed by atoms with Gasteiger partial charge >= 0.3 is 5.97 Å². The number of primary amides is 1. The third kappa shape index (κ3) is 3.24. The number of amides is 1. The Kier molecular flexibility index (Phi) is 5.10. The van der Waals surface area contributed by atoms with Gasteiger partial charge in [0.15, 0.2) is 6.61 Å². The van der Waals surface area contributed by atoms with Crippen molar-refractivity contribution >= 4 is 28.7 Å². The molecule has 7 nitrogen and oxygen atoms in total. The molecule has 30 heavy (non-hydrogen) atoms. The van der Waals surface area contributed by atoms with Gasteiger partial charge in [0.05, 0.1) is 23.9 Å². The van der Waals surface area contributed by atoms with Crippen LogP contribution in [0.15, 0.2) is 54.7 Å². The van der Waals surface area contributed by atoms with Crippen molar-refractivity contribution in [1.82, 2.24) is 4.40 Å². The number of hydrogen-bond acceptors (Lipinski definition) is 5. The molecule has 0 bridgehead atoms. The number of aromatic nitrogens is 1. The number of ether oxygens (including phenoxy) is 2. The minimum absolute atomic E-state index is 0.222. The van der Waals surface area contributed by atoms with Crippen LogP contribution in [0.3, 0.4) is 0 Å². The molecule has 1 aliphatic carbocycles. The number of esters is 1. The number of benzene rings is 1. The van der Waals surface area contributed by atoms with Gasteiger partial charge in [0.25, 0.3) is 11.7 Å². The number of nitrogens with two attached hydrogens (primary N) is 1. The van der Waals surface area contributed by atoms with Gasteiger partial charge in [-0.05, 0) is 36.1 Å². The highest BCUT2D eigenvalue weighted by molar-refractivity contribution is 6.44. The molecule has 1 aromatic carbocycles. The number of Topliss-reactive ketones (excluding diaryl/α,β-unsaturated/α-hetero) is 1. The Hall–Kier alpha value is -3.87. The van der Waals surface area contributed by atoms with E-state index in [1.54, 1.807) is 18.3 Å². The standard InChI is InChI=1S/C23H20N2O5/c1-29-18(26)13-30-17-11-6-12-25-20-15(14-7-3-2-4-8-14)9-5-10-16(20)19(21(17)25)22(27)23(24)28/h2-4,6-9,11-12H,5,10,13H2,1H3,(H2,24,28). The van der Waals surface area contributed by atoms with E-state index in [-0.39, 0.29) is 12.2 Å². The highest BCUT2D eigenvalue weighted by atomic mass is 16.6. The van der Waals surface area contributed by atoms with Gasteiger partial charge in [0.1, 0.15) is 5.75 Å². The fraction of sp³-hybridized carbons (Fsp3) is 0.174. The maximum atomic E-state index is 12.8. The molecule has 0 atom stereocenters. The molecule has 0 saturated heterocycles. The van der Waals surface area contributed by atoms with E-state index in [1.165, 1.54) is 7.11 Å². The van der Waals surface area contributed by atoms with Crippen LogP contribution in [0.25, 0.3) is 11.1 Å². The number of pyridine rings is 1. The number of carbonyl (C=O) groups excluding carboxylic acids is 3. The minimum Gasteiger partial charge on any atom is -0.480 e. The summed E-state index contributed by atoms with van der Waals surface area (Å²) < 4.78 is 12.1. The largest absolute Gasteiger partial charge is 0.480 e. The van der Waals surface area contributed by atoms with E-state index >= 15 is 0 Å². The Morgan fingerprint density at radius 3 is 2.57 bits per heavy atom. The van der Waals surface area contributed by atoms with Crippen molar-refractivity contribution in [3.05, 3.63) is 77.1 Å². The first-order valence-electron chi connectivity index (χ1n) is 9.48. The molecule has 152 valence electrons. The molecular weight excluding hydrogens is 384 g/mol. The molecule has 0 radical (unpaired) electrons. The first kappa shape index (κ1) is 19.4. The normalized spacial score (nSPS) is 12.8. The third-order valence-electron chi connectivity index (χ3n) is 5.13. The Morgan fingerprint density at radius 1 is 1.10 bits per heavy atom. The van der Waals surface area contributed by atoms with Gasteiger partial charge in [0, 0.05) is 11.8 Å². The van der Waals surface area contributed by atoms with Crippen LogP contribution in [-0.4, -0.2) is 35.8 Å². The first-order chi connectivity index (χ1) is 14.5. The third-order valence-corrected chi connectivity index (χ3v) is 5.13.